The summed E-state index contributed by atoms with van der Waals surface area (Å²) < 4.78 is 0. The van der Waals surface area contributed by atoms with Crippen LogP contribution >= 0.6 is 0 Å². The summed E-state index contributed by atoms with van der Waals surface area (Å²) in [5.41, 5.74) is 2.12. The molecule has 0 saturated carbocycles. The zero-order valence-corrected chi connectivity index (χ0v) is 6.52. The highest BCUT2D eigenvalue weighted by atomic mass is 14.9. The van der Waals surface area contributed by atoms with Gasteiger partial charge in [-0.2, -0.15) is 0 Å². The Labute approximate surface area is 66.2 Å². The lowest BCUT2D eigenvalue weighted by molar-refractivity contribution is 0.749. The lowest BCUT2D eigenvalue weighted by atomic mass is 10.3. The number of imidazole rings is 1. The van der Waals surface area contributed by atoms with Crippen molar-refractivity contribution < 1.29 is 0 Å². The van der Waals surface area contributed by atoms with Crippen molar-refractivity contribution in [1.82, 2.24) is 15.3 Å². The zero-order valence-electron chi connectivity index (χ0n) is 6.52. The summed E-state index contributed by atoms with van der Waals surface area (Å²) in [6.07, 6.45) is 6.75. The molecule has 0 fully saturated rings. The zero-order chi connectivity index (χ0) is 8.10. The third-order valence-electron chi connectivity index (χ3n) is 1.45. The van der Waals surface area contributed by atoms with Crippen LogP contribution in [0.1, 0.15) is 11.4 Å². The van der Waals surface area contributed by atoms with Crippen LogP contribution in [-0.4, -0.2) is 16.5 Å². The number of nitrogens with zero attached hydrogens (tertiary/aromatic N) is 1. The molecule has 0 aliphatic heterocycles. The topological polar surface area (TPSA) is 40.7 Å². The van der Waals surface area contributed by atoms with Gasteiger partial charge in [-0.05, 0) is 6.92 Å². The van der Waals surface area contributed by atoms with Gasteiger partial charge in [0, 0.05) is 12.2 Å². The Morgan fingerprint density at radius 1 is 1.82 bits per heavy atom. The highest BCUT2D eigenvalue weighted by molar-refractivity contribution is 5.08. The van der Waals surface area contributed by atoms with Crippen LogP contribution in [-0.2, 0) is 6.54 Å². The molecule has 3 heteroatoms. The smallest absolute Gasteiger partial charge is 0.0925 e. The maximum absolute atomic E-state index is 5.07. The first-order chi connectivity index (χ1) is 5.34. The first-order valence-corrected chi connectivity index (χ1v) is 3.47. The van der Waals surface area contributed by atoms with E-state index in [0.717, 1.165) is 17.9 Å². The Balaban J connectivity index is 2.40. The molecule has 3 nitrogen and oxygen atoms in total. The van der Waals surface area contributed by atoms with E-state index in [9.17, 15) is 0 Å². The van der Waals surface area contributed by atoms with Crippen molar-refractivity contribution in [3.63, 3.8) is 0 Å². The van der Waals surface area contributed by atoms with Gasteiger partial charge in [0.15, 0.2) is 0 Å². The van der Waals surface area contributed by atoms with Crippen molar-refractivity contribution >= 4 is 0 Å². The molecule has 0 bridgehead atoms. The average molecular weight is 149 g/mol. The van der Waals surface area contributed by atoms with Crippen LogP contribution in [0.25, 0.3) is 0 Å². The monoisotopic (exact) mass is 149 g/mol. The standard InChI is InChI=1S/C8H11N3/c1-3-4-9-5-8-7(2)10-6-11-8/h1,6,9H,4-5H2,2H3,(H,10,11). The summed E-state index contributed by atoms with van der Waals surface area (Å²) in [4.78, 5) is 7.09. The molecular formula is C8H11N3. The maximum atomic E-state index is 5.07. The van der Waals surface area contributed by atoms with Gasteiger partial charge in [0.1, 0.15) is 0 Å². The molecule has 11 heavy (non-hydrogen) atoms. The molecule has 1 aromatic rings. The number of hydrogen-bond acceptors (Lipinski definition) is 2. The fraction of sp³-hybridized carbons (Fsp3) is 0.375. The fourth-order valence-electron chi connectivity index (χ4n) is 0.818. The van der Waals surface area contributed by atoms with E-state index < -0.39 is 0 Å². The fourth-order valence-corrected chi connectivity index (χ4v) is 0.818. The molecule has 2 N–H and O–H groups in total. The Morgan fingerprint density at radius 3 is 3.18 bits per heavy atom. The largest absolute Gasteiger partial charge is 0.348 e. The van der Waals surface area contributed by atoms with Crippen molar-refractivity contribution in [2.45, 2.75) is 13.5 Å². The van der Waals surface area contributed by atoms with Gasteiger partial charge in [0.2, 0.25) is 0 Å². The number of rotatable bonds is 3. The number of terminal acetylenes is 1. The van der Waals surface area contributed by atoms with E-state index in [1.54, 1.807) is 6.33 Å². The van der Waals surface area contributed by atoms with Gasteiger partial charge in [0.25, 0.3) is 0 Å². The minimum Gasteiger partial charge on any atom is -0.348 e. The summed E-state index contributed by atoms with van der Waals surface area (Å²) in [5.74, 6) is 2.50. The van der Waals surface area contributed by atoms with Crippen molar-refractivity contribution in [3.05, 3.63) is 17.7 Å². The third kappa shape index (κ3) is 2.10. The Bertz CT molecular complexity index is 257. The molecule has 58 valence electrons. The van der Waals surface area contributed by atoms with Crippen molar-refractivity contribution in [3.8, 4) is 12.3 Å². The molecule has 1 rings (SSSR count). The second kappa shape index (κ2) is 3.79. The lowest BCUT2D eigenvalue weighted by Crippen LogP contribution is -2.13. The van der Waals surface area contributed by atoms with Gasteiger partial charge in [-0.1, -0.05) is 5.92 Å². The van der Waals surface area contributed by atoms with Gasteiger partial charge in [0.05, 0.1) is 18.6 Å². The number of H-pyrrole nitrogens is 1. The number of hydrogen-bond donors (Lipinski definition) is 2. The van der Waals surface area contributed by atoms with Crippen LogP contribution in [0.4, 0.5) is 0 Å². The predicted octanol–water partition coefficient (Wildman–Crippen LogP) is 0.441. The van der Waals surface area contributed by atoms with Crippen LogP contribution in [0.3, 0.4) is 0 Å². The molecule has 0 unspecified atom stereocenters. The van der Waals surface area contributed by atoms with Crippen molar-refractivity contribution in [1.29, 1.82) is 0 Å². The number of aromatic amines is 1. The molecule has 0 amide bonds. The minimum atomic E-state index is 0.590. The first-order valence-electron chi connectivity index (χ1n) is 3.47. The normalized spacial score (nSPS) is 9.45. The molecular weight excluding hydrogens is 138 g/mol. The van der Waals surface area contributed by atoms with Gasteiger partial charge in [-0.3, -0.25) is 0 Å². The quantitative estimate of drug-likeness (QED) is 0.483. The second-order valence-electron chi connectivity index (χ2n) is 2.28. The molecule has 0 aliphatic rings. The second-order valence-corrected chi connectivity index (χ2v) is 2.28. The molecule has 0 spiro atoms. The maximum Gasteiger partial charge on any atom is 0.0925 e. The van der Waals surface area contributed by atoms with Crippen LogP contribution in [0.2, 0.25) is 0 Å². The highest BCUT2D eigenvalue weighted by Crippen LogP contribution is 1.98. The summed E-state index contributed by atoms with van der Waals surface area (Å²) in [6.45, 7) is 3.31. The summed E-state index contributed by atoms with van der Waals surface area (Å²) in [5, 5.41) is 3.06. The summed E-state index contributed by atoms with van der Waals surface area (Å²) in [6, 6.07) is 0. The van der Waals surface area contributed by atoms with E-state index in [4.69, 9.17) is 6.42 Å². The van der Waals surface area contributed by atoms with E-state index in [1.807, 2.05) is 6.92 Å². The SMILES string of the molecule is C#CCNCc1nc[nH]c1C. The molecule has 1 aromatic heterocycles. The van der Waals surface area contributed by atoms with Gasteiger partial charge in [-0.25, -0.2) is 4.98 Å². The van der Waals surface area contributed by atoms with Gasteiger partial charge >= 0.3 is 0 Å². The molecule has 0 aliphatic carbocycles. The van der Waals surface area contributed by atoms with E-state index >= 15 is 0 Å². The Kier molecular flexibility index (Phi) is 2.70. The highest BCUT2D eigenvalue weighted by Gasteiger charge is 1.97. The summed E-state index contributed by atoms with van der Waals surface area (Å²) >= 11 is 0. The number of nitrogens with one attached hydrogen (secondary N) is 2. The Hall–Kier alpha value is -1.27. The molecule has 1 heterocycles. The van der Waals surface area contributed by atoms with Gasteiger partial charge in [-0.15, -0.1) is 6.42 Å². The number of aryl methyl sites for hydroxylation is 1. The van der Waals surface area contributed by atoms with Crippen LogP contribution in [0.15, 0.2) is 6.33 Å². The van der Waals surface area contributed by atoms with E-state index in [0.29, 0.717) is 6.54 Å². The van der Waals surface area contributed by atoms with E-state index in [1.165, 1.54) is 0 Å². The number of aromatic nitrogens is 2. The van der Waals surface area contributed by atoms with Crippen molar-refractivity contribution in [2.24, 2.45) is 0 Å². The molecule has 0 atom stereocenters. The van der Waals surface area contributed by atoms with E-state index in [2.05, 4.69) is 21.2 Å². The van der Waals surface area contributed by atoms with E-state index in [-0.39, 0.29) is 0 Å². The minimum absolute atomic E-state index is 0.590. The van der Waals surface area contributed by atoms with Crippen molar-refractivity contribution in [2.75, 3.05) is 6.54 Å². The van der Waals surface area contributed by atoms with Crippen LogP contribution in [0.5, 0.6) is 0 Å². The van der Waals surface area contributed by atoms with Crippen LogP contribution in [0, 0.1) is 19.3 Å². The Morgan fingerprint density at radius 2 is 2.64 bits per heavy atom. The molecule has 0 radical (unpaired) electrons. The first kappa shape index (κ1) is 7.83. The average Bonchev–Trinajstić information content (AvgIpc) is 2.37. The molecule has 0 saturated heterocycles. The summed E-state index contributed by atoms with van der Waals surface area (Å²) in [7, 11) is 0. The predicted molar refractivity (Wildman–Crippen MR) is 43.9 cm³/mol. The lowest BCUT2D eigenvalue weighted by Gasteiger charge is -1.96. The van der Waals surface area contributed by atoms with Gasteiger partial charge < -0.3 is 10.3 Å². The van der Waals surface area contributed by atoms with Crippen LogP contribution < -0.4 is 5.32 Å². The third-order valence-corrected chi connectivity index (χ3v) is 1.45. The molecule has 0 aromatic carbocycles.